The minimum Gasteiger partial charge on any atom is -0.479 e. The quantitative estimate of drug-likeness (QED) is 0.869. The molecule has 2 aliphatic heterocycles. The molecular formula is C14H15NO5. The third kappa shape index (κ3) is 2.52. The van der Waals surface area contributed by atoms with Crippen LogP contribution < -0.4 is 5.32 Å². The van der Waals surface area contributed by atoms with Crippen molar-refractivity contribution in [2.75, 3.05) is 5.32 Å². The topological polar surface area (TPSA) is 84.9 Å². The average Bonchev–Trinajstić information content (AvgIpc) is 3.07. The summed E-state index contributed by atoms with van der Waals surface area (Å²) >= 11 is 0. The van der Waals surface area contributed by atoms with Gasteiger partial charge in [-0.05, 0) is 36.1 Å². The zero-order chi connectivity index (χ0) is 14.1. The number of ether oxygens (including phenoxy) is 2. The van der Waals surface area contributed by atoms with E-state index in [1.165, 1.54) is 0 Å². The van der Waals surface area contributed by atoms with Gasteiger partial charge >= 0.3 is 5.97 Å². The second kappa shape index (κ2) is 5.22. The fourth-order valence-corrected chi connectivity index (χ4v) is 2.48. The van der Waals surface area contributed by atoms with E-state index in [-0.39, 0.29) is 5.91 Å². The molecule has 1 amide bonds. The van der Waals surface area contributed by atoms with Gasteiger partial charge in [0.1, 0.15) is 6.10 Å². The van der Waals surface area contributed by atoms with E-state index < -0.39 is 18.2 Å². The highest BCUT2D eigenvalue weighted by Gasteiger charge is 2.34. The number of carbonyl (C=O) groups excluding carboxylic acids is 1. The van der Waals surface area contributed by atoms with Crippen LogP contribution in [0.25, 0.3) is 0 Å². The van der Waals surface area contributed by atoms with E-state index in [0.717, 1.165) is 11.1 Å². The number of benzene rings is 1. The van der Waals surface area contributed by atoms with Crippen molar-refractivity contribution in [3.8, 4) is 0 Å². The monoisotopic (exact) mass is 277 g/mol. The Balaban J connectivity index is 1.63. The molecule has 0 aromatic heterocycles. The normalized spacial score (nSPS) is 24.4. The number of anilines is 1. The molecule has 6 nitrogen and oxygen atoms in total. The zero-order valence-corrected chi connectivity index (χ0v) is 10.8. The zero-order valence-electron chi connectivity index (χ0n) is 10.8. The van der Waals surface area contributed by atoms with Gasteiger partial charge in [0, 0.05) is 5.69 Å². The number of rotatable bonds is 3. The second-order valence-electron chi connectivity index (χ2n) is 4.99. The van der Waals surface area contributed by atoms with E-state index >= 15 is 0 Å². The van der Waals surface area contributed by atoms with Crippen LogP contribution >= 0.6 is 0 Å². The summed E-state index contributed by atoms with van der Waals surface area (Å²) in [6.45, 7) is 1.16. The van der Waals surface area contributed by atoms with Crippen LogP contribution in [0.15, 0.2) is 18.2 Å². The Morgan fingerprint density at radius 3 is 2.65 bits per heavy atom. The Morgan fingerprint density at radius 1 is 1.15 bits per heavy atom. The SMILES string of the molecule is O=C(Nc1ccc2c(c1)COC2)[C@@H]1CC[C@H](C(=O)O)O1. The first-order valence-corrected chi connectivity index (χ1v) is 6.52. The van der Waals surface area contributed by atoms with Crippen molar-refractivity contribution in [1.29, 1.82) is 0 Å². The number of nitrogens with one attached hydrogen (secondary N) is 1. The molecule has 3 rings (SSSR count). The summed E-state index contributed by atoms with van der Waals surface area (Å²) in [4.78, 5) is 22.8. The Bertz CT molecular complexity index is 556. The summed E-state index contributed by atoms with van der Waals surface area (Å²) in [6.07, 6.45) is -0.776. The standard InChI is InChI=1S/C14H15NO5/c16-13(11-3-4-12(20-11)14(17)18)15-10-2-1-8-6-19-7-9(8)5-10/h1-2,5,11-12H,3-4,6-7H2,(H,15,16)(H,17,18)/t11-,12+/m0/s1. The van der Waals surface area contributed by atoms with Crippen molar-refractivity contribution >= 4 is 17.6 Å². The lowest BCUT2D eigenvalue weighted by atomic mass is 10.1. The second-order valence-corrected chi connectivity index (χ2v) is 4.99. The summed E-state index contributed by atoms with van der Waals surface area (Å²) in [7, 11) is 0. The van der Waals surface area contributed by atoms with Crippen LogP contribution in [0.5, 0.6) is 0 Å². The van der Waals surface area contributed by atoms with E-state index in [1.807, 2.05) is 18.2 Å². The minimum atomic E-state index is -1.02. The molecule has 1 saturated heterocycles. The molecule has 2 N–H and O–H groups in total. The number of fused-ring (bicyclic) bond motifs is 1. The highest BCUT2D eigenvalue weighted by Crippen LogP contribution is 2.25. The molecule has 0 aliphatic carbocycles. The van der Waals surface area contributed by atoms with Gasteiger partial charge in [-0.25, -0.2) is 4.79 Å². The summed E-state index contributed by atoms with van der Waals surface area (Å²) in [6, 6.07) is 5.62. The first-order valence-electron chi connectivity index (χ1n) is 6.52. The van der Waals surface area contributed by atoms with E-state index in [4.69, 9.17) is 14.6 Å². The summed E-state index contributed by atoms with van der Waals surface area (Å²) in [5.41, 5.74) is 2.88. The van der Waals surface area contributed by atoms with E-state index in [1.54, 1.807) is 0 Å². The van der Waals surface area contributed by atoms with Crippen molar-refractivity contribution < 1.29 is 24.2 Å². The molecule has 0 unspecified atom stereocenters. The predicted molar refractivity (Wildman–Crippen MR) is 69.1 cm³/mol. The molecule has 0 spiro atoms. The lowest BCUT2D eigenvalue weighted by Gasteiger charge is -2.12. The Morgan fingerprint density at radius 2 is 1.90 bits per heavy atom. The fourth-order valence-electron chi connectivity index (χ4n) is 2.48. The van der Waals surface area contributed by atoms with Gasteiger partial charge in [-0.3, -0.25) is 4.79 Å². The highest BCUT2D eigenvalue weighted by molar-refractivity contribution is 5.94. The number of hydrogen-bond acceptors (Lipinski definition) is 4. The maximum absolute atomic E-state index is 12.0. The maximum atomic E-state index is 12.0. The van der Waals surface area contributed by atoms with Gasteiger partial charge in [-0.1, -0.05) is 6.07 Å². The number of aliphatic carboxylic acids is 1. The molecule has 2 atom stereocenters. The number of carboxylic acid groups (broad SMARTS) is 1. The van der Waals surface area contributed by atoms with Gasteiger partial charge in [0.25, 0.3) is 5.91 Å². The third-order valence-corrected chi connectivity index (χ3v) is 3.58. The summed E-state index contributed by atoms with van der Waals surface area (Å²) < 4.78 is 10.5. The van der Waals surface area contributed by atoms with Crippen molar-refractivity contribution in [2.45, 2.75) is 38.3 Å². The van der Waals surface area contributed by atoms with Crippen molar-refractivity contribution in [3.63, 3.8) is 0 Å². The number of carbonyl (C=O) groups is 2. The van der Waals surface area contributed by atoms with Gasteiger partial charge in [0.05, 0.1) is 13.2 Å². The molecule has 20 heavy (non-hydrogen) atoms. The number of carboxylic acids is 1. The molecule has 6 heteroatoms. The highest BCUT2D eigenvalue weighted by atomic mass is 16.5. The molecular weight excluding hydrogens is 262 g/mol. The average molecular weight is 277 g/mol. The van der Waals surface area contributed by atoms with E-state index in [2.05, 4.69) is 5.32 Å². The van der Waals surface area contributed by atoms with Gasteiger partial charge < -0.3 is 19.9 Å². The van der Waals surface area contributed by atoms with Crippen LogP contribution in [0, 0.1) is 0 Å². The molecule has 106 valence electrons. The molecule has 2 aliphatic rings. The van der Waals surface area contributed by atoms with Crippen LogP contribution in [0.4, 0.5) is 5.69 Å². The van der Waals surface area contributed by atoms with Crippen LogP contribution in [0.1, 0.15) is 24.0 Å². The molecule has 1 fully saturated rings. The van der Waals surface area contributed by atoms with Crippen LogP contribution in [-0.2, 0) is 32.3 Å². The lowest BCUT2D eigenvalue weighted by molar-refractivity contribution is -0.150. The fraction of sp³-hybridized carbons (Fsp3) is 0.429. The van der Waals surface area contributed by atoms with Crippen LogP contribution in [0.3, 0.4) is 0 Å². The van der Waals surface area contributed by atoms with Gasteiger partial charge in [0.2, 0.25) is 0 Å². The molecule has 0 radical (unpaired) electrons. The molecule has 0 bridgehead atoms. The minimum absolute atomic E-state index is 0.299. The summed E-state index contributed by atoms with van der Waals surface area (Å²) in [5, 5.41) is 11.6. The summed E-state index contributed by atoms with van der Waals surface area (Å²) in [5.74, 6) is -1.32. The molecule has 1 aromatic carbocycles. The van der Waals surface area contributed by atoms with Gasteiger partial charge in [0.15, 0.2) is 6.10 Å². The first kappa shape index (κ1) is 13.1. The molecule has 0 saturated carbocycles. The molecule has 2 heterocycles. The Kier molecular flexibility index (Phi) is 3.42. The van der Waals surface area contributed by atoms with Crippen LogP contribution in [-0.4, -0.2) is 29.2 Å². The lowest BCUT2D eigenvalue weighted by Crippen LogP contribution is -2.29. The van der Waals surface area contributed by atoms with Crippen molar-refractivity contribution in [3.05, 3.63) is 29.3 Å². The Labute approximate surface area is 115 Å². The van der Waals surface area contributed by atoms with Gasteiger partial charge in [-0.15, -0.1) is 0 Å². The Hall–Kier alpha value is -1.92. The molecule has 1 aromatic rings. The predicted octanol–water partition coefficient (Wildman–Crippen LogP) is 1.29. The van der Waals surface area contributed by atoms with Crippen molar-refractivity contribution in [1.82, 2.24) is 0 Å². The van der Waals surface area contributed by atoms with E-state index in [9.17, 15) is 9.59 Å². The number of hydrogen-bond donors (Lipinski definition) is 2. The maximum Gasteiger partial charge on any atom is 0.332 e. The smallest absolute Gasteiger partial charge is 0.332 e. The van der Waals surface area contributed by atoms with Crippen molar-refractivity contribution in [2.24, 2.45) is 0 Å². The van der Waals surface area contributed by atoms with Gasteiger partial charge in [-0.2, -0.15) is 0 Å². The van der Waals surface area contributed by atoms with E-state index in [0.29, 0.717) is 31.7 Å². The number of amides is 1. The first-order chi connectivity index (χ1) is 9.63. The largest absolute Gasteiger partial charge is 0.479 e. The third-order valence-electron chi connectivity index (χ3n) is 3.58. The van der Waals surface area contributed by atoms with Crippen LogP contribution in [0.2, 0.25) is 0 Å².